The van der Waals surface area contributed by atoms with Crippen LogP contribution in [-0.2, 0) is 4.79 Å². The average molecular weight is 253 g/mol. The van der Waals surface area contributed by atoms with Crippen LogP contribution in [0, 0.1) is 0 Å². The van der Waals surface area contributed by atoms with E-state index < -0.39 is 0 Å². The number of amides is 1. The molecule has 2 aliphatic heterocycles. The van der Waals surface area contributed by atoms with Crippen molar-refractivity contribution >= 4 is 5.91 Å². The van der Waals surface area contributed by atoms with E-state index in [0.29, 0.717) is 24.5 Å². The van der Waals surface area contributed by atoms with Gasteiger partial charge in [0.15, 0.2) is 0 Å². The molecule has 2 atom stereocenters. The minimum Gasteiger partial charge on any atom is -0.336 e. The fourth-order valence-corrected chi connectivity index (χ4v) is 3.19. The van der Waals surface area contributed by atoms with Gasteiger partial charge in [-0.1, -0.05) is 0 Å². The second-order valence-electron chi connectivity index (χ2n) is 6.01. The number of nitrogens with zero attached hydrogens (tertiary/aromatic N) is 3. The normalized spacial score (nSPS) is 31.6. The van der Waals surface area contributed by atoms with Gasteiger partial charge in [-0.05, 0) is 40.2 Å². The number of carbonyl (C=O) groups is 1. The maximum atomic E-state index is 12.4. The second-order valence-corrected chi connectivity index (χ2v) is 6.01. The molecule has 2 fully saturated rings. The van der Waals surface area contributed by atoms with Crippen LogP contribution < -0.4 is 0 Å². The highest BCUT2D eigenvalue weighted by Gasteiger charge is 2.30. The molecule has 0 aromatic heterocycles. The van der Waals surface area contributed by atoms with E-state index in [4.69, 9.17) is 0 Å². The van der Waals surface area contributed by atoms with Crippen molar-refractivity contribution in [1.29, 1.82) is 0 Å². The first-order valence-electron chi connectivity index (χ1n) is 7.30. The van der Waals surface area contributed by atoms with Crippen LogP contribution in [0.25, 0.3) is 0 Å². The zero-order valence-corrected chi connectivity index (χ0v) is 12.1. The van der Waals surface area contributed by atoms with E-state index in [0.717, 1.165) is 26.2 Å². The first kappa shape index (κ1) is 13.8. The molecule has 0 N–H and O–H groups in total. The first-order chi connectivity index (χ1) is 8.58. The van der Waals surface area contributed by atoms with Gasteiger partial charge >= 0.3 is 0 Å². The molecule has 2 saturated heterocycles. The Morgan fingerprint density at radius 2 is 1.61 bits per heavy atom. The lowest BCUT2D eigenvalue weighted by molar-refractivity contribution is -0.138. The molecule has 1 amide bonds. The molecule has 0 aromatic carbocycles. The number of likely N-dealkylation sites (tertiary alicyclic amines) is 1. The Kier molecular flexibility index (Phi) is 4.62. The zero-order chi connectivity index (χ0) is 13.1. The third-order valence-electron chi connectivity index (χ3n) is 4.44. The van der Waals surface area contributed by atoms with Gasteiger partial charge in [0, 0.05) is 38.3 Å². The quantitative estimate of drug-likeness (QED) is 0.735. The Labute approximate surface area is 111 Å². The Balaban J connectivity index is 1.86. The number of piperidine rings is 1. The molecule has 18 heavy (non-hydrogen) atoms. The van der Waals surface area contributed by atoms with Crippen molar-refractivity contribution < 1.29 is 4.79 Å². The summed E-state index contributed by atoms with van der Waals surface area (Å²) in [7, 11) is 2.15. The molecule has 0 aromatic rings. The zero-order valence-electron chi connectivity index (χ0n) is 12.1. The SMILES string of the molecule is C[C@@H]1CCC[C@H](C)N1C(=O)CN1CCN(C)CC1. The lowest BCUT2D eigenvalue weighted by Crippen LogP contribution is -2.53. The number of hydrogen-bond donors (Lipinski definition) is 0. The largest absolute Gasteiger partial charge is 0.336 e. The van der Waals surface area contributed by atoms with Gasteiger partial charge in [0.05, 0.1) is 6.54 Å². The molecule has 2 rings (SSSR count). The molecule has 4 heteroatoms. The van der Waals surface area contributed by atoms with Crippen LogP contribution in [0.15, 0.2) is 0 Å². The van der Waals surface area contributed by atoms with E-state index in [-0.39, 0.29) is 0 Å². The predicted octanol–water partition coefficient (Wildman–Crippen LogP) is 1.02. The lowest BCUT2D eigenvalue weighted by Gasteiger charge is -2.41. The minimum atomic E-state index is 0.333. The van der Waals surface area contributed by atoms with Crippen LogP contribution in [0.5, 0.6) is 0 Å². The third-order valence-corrected chi connectivity index (χ3v) is 4.44. The fourth-order valence-electron chi connectivity index (χ4n) is 3.19. The van der Waals surface area contributed by atoms with Crippen LogP contribution in [0.2, 0.25) is 0 Å². The van der Waals surface area contributed by atoms with Crippen molar-refractivity contribution in [2.75, 3.05) is 39.8 Å². The molecule has 0 aliphatic carbocycles. The molecule has 2 heterocycles. The van der Waals surface area contributed by atoms with Crippen molar-refractivity contribution in [3.63, 3.8) is 0 Å². The highest BCUT2D eigenvalue weighted by Crippen LogP contribution is 2.22. The summed E-state index contributed by atoms with van der Waals surface area (Å²) < 4.78 is 0. The second kappa shape index (κ2) is 6.02. The summed E-state index contributed by atoms with van der Waals surface area (Å²) in [6, 6.07) is 0.849. The van der Waals surface area contributed by atoms with Gasteiger partial charge in [0.1, 0.15) is 0 Å². The van der Waals surface area contributed by atoms with Crippen molar-refractivity contribution in [1.82, 2.24) is 14.7 Å². The predicted molar refractivity (Wildman–Crippen MR) is 73.6 cm³/mol. The van der Waals surface area contributed by atoms with E-state index in [1.165, 1.54) is 19.3 Å². The molecule has 0 saturated carbocycles. The Morgan fingerprint density at radius 3 is 2.17 bits per heavy atom. The smallest absolute Gasteiger partial charge is 0.237 e. The van der Waals surface area contributed by atoms with E-state index in [9.17, 15) is 4.79 Å². The maximum Gasteiger partial charge on any atom is 0.237 e. The number of piperazine rings is 1. The molecule has 2 aliphatic rings. The highest BCUT2D eigenvalue weighted by atomic mass is 16.2. The van der Waals surface area contributed by atoms with Gasteiger partial charge in [0.2, 0.25) is 5.91 Å². The van der Waals surface area contributed by atoms with Crippen molar-refractivity contribution in [2.24, 2.45) is 0 Å². The van der Waals surface area contributed by atoms with E-state index in [2.05, 4.69) is 35.6 Å². The molecule has 0 bridgehead atoms. The Hall–Kier alpha value is -0.610. The van der Waals surface area contributed by atoms with E-state index in [1.54, 1.807) is 0 Å². The molecule has 0 unspecified atom stereocenters. The summed E-state index contributed by atoms with van der Waals surface area (Å²) >= 11 is 0. The van der Waals surface area contributed by atoms with Gasteiger partial charge in [-0.25, -0.2) is 0 Å². The number of likely N-dealkylation sites (N-methyl/N-ethyl adjacent to an activating group) is 1. The van der Waals surface area contributed by atoms with Crippen LogP contribution in [0.1, 0.15) is 33.1 Å². The fraction of sp³-hybridized carbons (Fsp3) is 0.929. The summed E-state index contributed by atoms with van der Waals surface area (Å²) in [4.78, 5) is 19.2. The van der Waals surface area contributed by atoms with Crippen molar-refractivity contribution in [3.05, 3.63) is 0 Å². The molecule has 4 nitrogen and oxygen atoms in total. The number of hydrogen-bond acceptors (Lipinski definition) is 3. The van der Waals surface area contributed by atoms with E-state index >= 15 is 0 Å². The van der Waals surface area contributed by atoms with Gasteiger partial charge < -0.3 is 9.80 Å². The molecular weight excluding hydrogens is 226 g/mol. The molecule has 0 spiro atoms. The summed E-state index contributed by atoms with van der Waals surface area (Å²) in [5, 5.41) is 0. The monoisotopic (exact) mass is 253 g/mol. The first-order valence-corrected chi connectivity index (χ1v) is 7.30. The molecule has 104 valence electrons. The molecule has 0 radical (unpaired) electrons. The average Bonchev–Trinajstić information content (AvgIpc) is 2.32. The number of carbonyl (C=O) groups excluding carboxylic acids is 1. The summed E-state index contributed by atoms with van der Waals surface area (Å²) in [6.45, 7) is 9.21. The summed E-state index contributed by atoms with van der Waals surface area (Å²) in [5.41, 5.74) is 0. The summed E-state index contributed by atoms with van der Waals surface area (Å²) in [6.07, 6.45) is 3.60. The Bertz CT molecular complexity index is 277. The van der Waals surface area contributed by atoms with Crippen LogP contribution >= 0.6 is 0 Å². The Morgan fingerprint density at radius 1 is 1.06 bits per heavy atom. The molecular formula is C14H27N3O. The van der Waals surface area contributed by atoms with Gasteiger partial charge in [0.25, 0.3) is 0 Å². The minimum absolute atomic E-state index is 0.333. The highest BCUT2D eigenvalue weighted by molar-refractivity contribution is 5.79. The topological polar surface area (TPSA) is 26.8 Å². The summed E-state index contributed by atoms with van der Waals surface area (Å²) in [5.74, 6) is 0.333. The van der Waals surface area contributed by atoms with Gasteiger partial charge in [-0.2, -0.15) is 0 Å². The maximum absolute atomic E-state index is 12.4. The standard InChI is InChI=1S/C14H27N3O/c1-12-5-4-6-13(2)17(12)14(18)11-16-9-7-15(3)8-10-16/h12-13H,4-11H2,1-3H3/t12-,13+. The van der Waals surface area contributed by atoms with Gasteiger partial charge in [-0.15, -0.1) is 0 Å². The van der Waals surface area contributed by atoms with Crippen LogP contribution in [-0.4, -0.2) is 72.5 Å². The van der Waals surface area contributed by atoms with E-state index in [1.807, 2.05) is 0 Å². The van der Waals surface area contributed by atoms with Crippen molar-refractivity contribution in [3.8, 4) is 0 Å². The number of rotatable bonds is 2. The lowest BCUT2D eigenvalue weighted by atomic mass is 9.97. The van der Waals surface area contributed by atoms with Crippen molar-refractivity contribution in [2.45, 2.75) is 45.2 Å². The van der Waals surface area contributed by atoms with Crippen LogP contribution in [0.4, 0.5) is 0 Å². The van der Waals surface area contributed by atoms with Crippen LogP contribution in [0.3, 0.4) is 0 Å². The van der Waals surface area contributed by atoms with Gasteiger partial charge in [-0.3, -0.25) is 9.69 Å². The third kappa shape index (κ3) is 3.23.